The summed E-state index contributed by atoms with van der Waals surface area (Å²) in [6, 6.07) is 15.8. The van der Waals surface area contributed by atoms with Crippen LogP contribution >= 0.6 is 31.9 Å². The van der Waals surface area contributed by atoms with Gasteiger partial charge in [-0.15, -0.1) is 0 Å². The lowest BCUT2D eigenvalue weighted by Crippen LogP contribution is -2.23. The second-order valence-electron chi connectivity index (χ2n) is 4.95. The highest BCUT2D eigenvalue weighted by Crippen LogP contribution is 2.18. The van der Waals surface area contributed by atoms with E-state index in [9.17, 15) is 5.21 Å². The molecule has 0 aliphatic carbocycles. The van der Waals surface area contributed by atoms with Crippen LogP contribution in [0, 0.1) is 5.21 Å². The molecule has 0 N–H and O–H groups in total. The van der Waals surface area contributed by atoms with Crippen molar-refractivity contribution in [2.45, 2.75) is 0 Å². The molecule has 4 aromatic rings. The Hall–Kier alpha value is -1.98. The molecule has 0 amide bonds. The highest BCUT2D eigenvalue weighted by atomic mass is 79.9. The molecular weight excluding hydrogens is 420 g/mol. The van der Waals surface area contributed by atoms with Crippen molar-refractivity contribution in [2.24, 2.45) is 0 Å². The van der Waals surface area contributed by atoms with Gasteiger partial charge in [-0.05, 0) is 47.2 Å². The zero-order chi connectivity index (χ0) is 16.2. The number of hydrogen-bond donors (Lipinski definition) is 0. The molecule has 114 valence electrons. The van der Waals surface area contributed by atoms with E-state index < -0.39 is 0 Å². The Morgan fingerprint density at radius 2 is 1.43 bits per heavy atom. The van der Waals surface area contributed by atoms with Gasteiger partial charge in [-0.1, -0.05) is 37.9 Å². The molecule has 23 heavy (non-hydrogen) atoms. The SMILES string of the molecule is Brc1ccc2cnccc2c1.[O-][n+]1ccc2cc(Br)ccc2c1. The molecule has 0 spiro atoms. The summed E-state index contributed by atoms with van der Waals surface area (Å²) in [5.74, 6) is 0. The normalized spacial score (nSPS) is 10.3. The molecule has 0 fully saturated rings. The van der Waals surface area contributed by atoms with E-state index in [0.29, 0.717) is 0 Å². The van der Waals surface area contributed by atoms with Gasteiger partial charge >= 0.3 is 0 Å². The molecule has 0 saturated heterocycles. The van der Waals surface area contributed by atoms with E-state index in [0.717, 1.165) is 24.4 Å². The van der Waals surface area contributed by atoms with Gasteiger partial charge in [-0.2, -0.15) is 4.73 Å². The Kier molecular flexibility index (Phi) is 4.88. The number of nitrogens with zero attached hydrogens (tertiary/aromatic N) is 2. The van der Waals surface area contributed by atoms with Crippen LogP contribution < -0.4 is 4.73 Å². The fourth-order valence-corrected chi connectivity index (χ4v) is 2.95. The predicted molar refractivity (Wildman–Crippen MR) is 100 cm³/mol. The maximum atomic E-state index is 10.9. The Bertz CT molecular complexity index is 932. The van der Waals surface area contributed by atoms with Crippen molar-refractivity contribution >= 4 is 53.4 Å². The summed E-state index contributed by atoms with van der Waals surface area (Å²) in [5.41, 5.74) is 0. The van der Waals surface area contributed by atoms with E-state index >= 15 is 0 Å². The second kappa shape index (κ2) is 7.06. The molecule has 2 heterocycles. The van der Waals surface area contributed by atoms with E-state index in [4.69, 9.17) is 0 Å². The molecule has 0 aliphatic rings. The van der Waals surface area contributed by atoms with Crippen LogP contribution in [0.1, 0.15) is 0 Å². The van der Waals surface area contributed by atoms with E-state index in [-0.39, 0.29) is 0 Å². The number of rotatable bonds is 0. The molecule has 2 aromatic carbocycles. The van der Waals surface area contributed by atoms with Crippen molar-refractivity contribution < 1.29 is 4.73 Å². The number of hydrogen-bond acceptors (Lipinski definition) is 2. The number of aromatic nitrogens is 2. The summed E-state index contributed by atoms with van der Waals surface area (Å²) in [6.07, 6.45) is 6.72. The monoisotopic (exact) mass is 430 g/mol. The van der Waals surface area contributed by atoms with Gasteiger partial charge in [0.1, 0.15) is 0 Å². The summed E-state index contributed by atoms with van der Waals surface area (Å²) in [6.45, 7) is 0. The van der Waals surface area contributed by atoms with Gasteiger partial charge in [0.25, 0.3) is 0 Å². The van der Waals surface area contributed by atoms with Crippen LogP contribution in [0.4, 0.5) is 0 Å². The summed E-state index contributed by atoms with van der Waals surface area (Å²) in [7, 11) is 0. The van der Waals surface area contributed by atoms with Crippen LogP contribution in [-0.4, -0.2) is 4.98 Å². The minimum absolute atomic E-state index is 0.802. The van der Waals surface area contributed by atoms with Gasteiger partial charge in [-0.3, -0.25) is 4.98 Å². The first-order valence-corrected chi connectivity index (χ1v) is 8.48. The molecule has 0 unspecified atom stereocenters. The summed E-state index contributed by atoms with van der Waals surface area (Å²) in [4.78, 5) is 4.03. The van der Waals surface area contributed by atoms with Crippen molar-refractivity contribution in [2.75, 3.05) is 0 Å². The summed E-state index contributed by atoms with van der Waals surface area (Å²) >= 11 is 6.78. The topological polar surface area (TPSA) is 39.8 Å². The van der Waals surface area contributed by atoms with E-state index in [1.807, 2.05) is 42.6 Å². The Morgan fingerprint density at radius 3 is 2.17 bits per heavy atom. The maximum Gasteiger partial charge on any atom is 0.188 e. The van der Waals surface area contributed by atoms with Gasteiger partial charge in [-0.25, -0.2) is 0 Å². The molecule has 2 aromatic heterocycles. The summed E-state index contributed by atoms with van der Waals surface area (Å²) < 4.78 is 2.94. The number of pyridine rings is 2. The van der Waals surface area contributed by atoms with Crippen molar-refractivity contribution in [1.29, 1.82) is 0 Å². The van der Waals surface area contributed by atoms with Gasteiger partial charge in [0, 0.05) is 38.2 Å². The number of benzene rings is 2. The van der Waals surface area contributed by atoms with Gasteiger partial charge < -0.3 is 5.21 Å². The Balaban J connectivity index is 0.000000136. The predicted octanol–water partition coefficient (Wildman–Crippen LogP) is 5.23. The first-order chi connectivity index (χ1) is 11.1. The molecule has 3 nitrogen and oxygen atoms in total. The summed E-state index contributed by atoms with van der Waals surface area (Å²) in [5, 5.41) is 15.3. The first kappa shape index (κ1) is 15.9. The fraction of sp³-hybridized carbons (Fsp3) is 0. The van der Waals surface area contributed by atoms with Crippen molar-refractivity contribution in [3.63, 3.8) is 0 Å². The van der Waals surface area contributed by atoms with Crippen LogP contribution in [0.25, 0.3) is 21.5 Å². The van der Waals surface area contributed by atoms with E-state index in [2.05, 4.69) is 42.9 Å². The van der Waals surface area contributed by atoms with Gasteiger partial charge in [0.2, 0.25) is 0 Å². The molecular formula is C18H12Br2N2O. The van der Waals surface area contributed by atoms with Gasteiger partial charge in [0.15, 0.2) is 12.4 Å². The maximum absolute atomic E-state index is 10.9. The Morgan fingerprint density at radius 1 is 0.783 bits per heavy atom. The minimum atomic E-state index is 0.802. The van der Waals surface area contributed by atoms with Crippen molar-refractivity contribution in [3.8, 4) is 0 Å². The smallest absolute Gasteiger partial charge is 0.188 e. The third-order valence-electron chi connectivity index (χ3n) is 3.32. The highest BCUT2D eigenvalue weighted by Gasteiger charge is 1.97. The largest absolute Gasteiger partial charge is 0.619 e. The first-order valence-electron chi connectivity index (χ1n) is 6.89. The van der Waals surface area contributed by atoms with Crippen LogP contribution in [0.15, 0.2) is 82.3 Å². The van der Waals surface area contributed by atoms with Crippen molar-refractivity contribution in [3.05, 3.63) is 87.5 Å². The zero-order valence-electron chi connectivity index (χ0n) is 12.0. The molecule has 0 atom stereocenters. The lowest BCUT2D eigenvalue weighted by atomic mass is 10.2. The molecule has 5 heteroatoms. The minimum Gasteiger partial charge on any atom is -0.619 e. The van der Waals surface area contributed by atoms with Crippen LogP contribution in [0.5, 0.6) is 0 Å². The average molecular weight is 432 g/mol. The number of fused-ring (bicyclic) bond motifs is 2. The number of halogens is 2. The van der Waals surface area contributed by atoms with E-state index in [1.54, 1.807) is 18.5 Å². The standard InChI is InChI=1S/C9H6BrNO.C9H6BrN/c10-9-2-1-8-6-11(12)4-3-7(8)5-9;10-9-2-1-8-6-11-4-3-7(8)5-9/h1-6H;1-6H. The average Bonchev–Trinajstić information content (AvgIpc) is 2.55. The van der Waals surface area contributed by atoms with Crippen LogP contribution in [-0.2, 0) is 0 Å². The highest BCUT2D eigenvalue weighted by molar-refractivity contribution is 9.10. The second-order valence-corrected chi connectivity index (χ2v) is 6.78. The molecule has 4 rings (SSSR count). The molecule has 0 saturated carbocycles. The van der Waals surface area contributed by atoms with Crippen molar-refractivity contribution in [1.82, 2.24) is 4.98 Å². The van der Waals surface area contributed by atoms with Gasteiger partial charge in [0.05, 0.1) is 0 Å². The van der Waals surface area contributed by atoms with Crippen LogP contribution in [0.3, 0.4) is 0 Å². The lowest BCUT2D eigenvalue weighted by Gasteiger charge is -1.98. The third kappa shape index (κ3) is 4.06. The zero-order valence-corrected chi connectivity index (χ0v) is 15.2. The molecule has 0 radical (unpaired) electrons. The van der Waals surface area contributed by atoms with Crippen LogP contribution in [0.2, 0.25) is 0 Å². The fourth-order valence-electron chi connectivity index (χ4n) is 2.20. The lowest BCUT2D eigenvalue weighted by molar-refractivity contribution is -0.603. The molecule has 0 aliphatic heterocycles. The molecule has 0 bridgehead atoms. The van der Waals surface area contributed by atoms with E-state index in [1.165, 1.54) is 17.0 Å². The Labute approximate surface area is 150 Å². The third-order valence-corrected chi connectivity index (χ3v) is 4.31. The quantitative estimate of drug-likeness (QED) is 0.282.